The van der Waals surface area contributed by atoms with Gasteiger partial charge in [0.1, 0.15) is 5.75 Å². The van der Waals surface area contributed by atoms with Gasteiger partial charge in [-0.1, -0.05) is 124 Å². The third-order valence-electron chi connectivity index (χ3n) is 5.92. The van der Waals surface area contributed by atoms with Gasteiger partial charge in [0.15, 0.2) is 0 Å². The summed E-state index contributed by atoms with van der Waals surface area (Å²) in [7, 11) is 0. The molecule has 0 saturated carbocycles. The summed E-state index contributed by atoms with van der Waals surface area (Å²) < 4.78 is 0. The van der Waals surface area contributed by atoms with Crippen molar-refractivity contribution in [2.45, 2.75) is 129 Å². The van der Waals surface area contributed by atoms with E-state index in [1.807, 2.05) is 6.07 Å². The van der Waals surface area contributed by atoms with E-state index in [9.17, 15) is 5.11 Å². The lowest BCUT2D eigenvalue weighted by molar-refractivity contribution is 0.455. The quantitative estimate of drug-likeness (QED) is 0.322. The van der Waals surface area contributed by atoms with Crippen LogP contribution < -0.4 is 0 Å². The lowest BCUT2D eigenvalue weighted by atomic mass is 9.83. The van der Waals surface area contributed by atoms with Gasteiger partial charge in [0.2, 0.25) is 0 Å². The number of aromatic hydroxyl groups is 1. The maximum absolute atomic E-state index is 10.3. The fraction of sp³-hybridized carbons (Fsp3) is 0.769. The van der Waals surface area contributed by atoms with Crippen molar-refractivity contribution in [1.29, 1.82) is 0 Å². The molecule has 1 aromatic rings. The van der Waals surface area contributed by atoms with Crippen LogP contribution in [-0.2, 0) is 5.41 Å². The van der Waals surface area contributed by atoms with E-state index in [1.165, 1.54) is 89.0 Å². The summed E-state index contributed by atoms with van der Waals surface area (Å²) in [5.74, 6) is 0.907. The average Bonchev–Trinajstić information content (AvgIpc) is 2.61. The van der Waals surface area contributed by atoms with Crippen LogP contribution in [0.3, 0.4) is 0 Å². The second-order valence-corrected chi connectivity index (χ2v) is 9.60. The monoisotopic (exact) mass is 374 g/mol. The summed E-state index contributed by atoms with van der Waals surface area (Å²) >= 11 is 0. The molecule has 1 N–H and O–H groups in total. The normalized spacial score (nSPS) is 13.1. The number of phenols is 1. The molecule has 1 atom stereocenters. The molecule has 0 spiro atoms. The zero-order chi connectivity index (χ0) is 20.1. The van der Waals surface area contributed by atoms with E-state index < -0.39 is 0 Å². The molecular weight excluding hydrogens is 328 g/mol. The first-order valence-electron chi connectivity index (χ1n) is 11.7. The van der Waals surface area contributed by atoms with Crippen molar-refractivity contribution in [3.05, 3.63) is 29.3 Å². The van der Waals surface area contributed by atoms with Crippen LogP contribution in [0, 0.1) is 0 Å². The van der Waals surface area contributed by atoms with Gasteiger partial charge < -0.3 is 5.11 Å². The molecule has 0 aliphatic heterocycles. The summed E-state index contributed by atoms with van der Waals surface area (Å²) in [5, 5.41) is 10.3. The Labute approximate surface area is 170 Å². The summed E-state index contributed by atoms with van der Waals surface area (Å²) in [4.78, 5) is 0. The highest BCUT2D eigenvalue weighted by atomic mass is 16.3. The number of rotatable bonds is 14. The number of hydrogen-bond donors (Lipinski definition) is 1. The molecule has 1 rings (SSSR count). The van der Waals surface area contributed by atoms with Crippen LogP contribution in [0.2, 0.25) is 0 Å². The van der Waals surface area contributed by atoms with Crippen molar-refractivity contribution >= 4 is 0 Å². The largest absolute Gasteiger partial charge is 0.508 e. The lowest BCUT2D eigenvalue weighted by Gasteiger charge is -2.22. The van der Waals surface area contributed by atoms with E-state index in [-0.39, 0.29) is 5.41 Å². The van der Waals surface area contributed by atoms with Crippen LogP contribution in [0.15, 0.2) is 18.2 Å². The molecular formula is C26H46O. The van der Waals surface area contributed by atoms with Gasteiger partial charge in [0, 0.05) is 0 Å². The Hall–Kier alpha value is -0.980. The SMILES string of the molecule is CCCCCCCCCCCCCCC(C)c1cc(C(C)(C)C)ccc1O. The van der Waals surface area contributed by atoms with E-state index in [0.717, 1.165) is 5.56 Å². The highest BCUT2D eigenvalue weighted by Crippen LogP contribution is 2.34. The maximum atomic E-state index is 10.3. The smallest absolute Gasteiger partial charge is 0.119 e. The van der Waals surface area contributed by atoms with E-state index in [1.54, 1.807) is 0 Å². The Kier molecular flexibility index (Phi) is 11.8. The molecule has 0 heterocycles. The number of benzene rings is 1. The molecule has 0 fully saturated rings. The van der Waals surface area contributed by atoms with Crippen molar-refractivity contribution in [3.8, 4) is 5.75 Å². The molecule has 0 aromatic heterocycles. The minimum Gasteiger partial charge on any atom is -0.508 e. The van der Waals surface area contributed by atoms with Gasteiger partial charge in [-0.05, 0) is 34.9 Å². The van der Waals surface area contributed by atoms with Crippen LogP contribution in [-0.4, -0.2) is 5.11 Å². The molecule has 0 aliphatic carbocycles. The first kappa shape index (κ1) is 24.1. The van der Waals surface area contributed by atoms with Crippen LogP contribution in [0.4, 0.5) is 0 Å². The molecule has 0 bridgehead atoms. The predicted molar refractivity (Wildman–Crippen MR) is 121 cm³/mol. The minimum absolute atomic E-state index is 0.137. The van der Waals surface area contributed by atoms with Crippen molar-refractivity contribution < 1.29 is 5.11 Å². The van der Waals surface area contributed by atoms with Crippen LogP contribution >= 0.6 is 0 Å². The van der Waals surface area contributed by atoms with Crippen LogP contribution in [0.5, 0.6) is 5.75 Å². The molecule has 1 aromatic carbocycles. The zero-order valence-electron chi connectivity index (χ0n) is 18.9. The van der Waals surface area contributed by atoms with E-state index >= 15 is 0 Å². The topological polar surface area (TPSA) is 20.2 Å². The highest BCUT2D eigenvalue weighted by Gasteiger charge is 2.17. The fourth-order valence-corrected chi connectivity index (χ4v) is 3.86. The van der Waals surface area contributed by atoms with Gasteiger partial charge in [0.05, 0.1) is 0 Å². The minimum atomic E-state index is 0.137. The van der Waals surface area contributed by atoms with E-state index in [0.29, 0.717) is 11.7 Å². The van der Waals surface area contributed by atoms with Gasteiger partial charge in [-0.2, -0.15) is 0 Å². The Balaban J connectivity index is 2.15. The summed E-state index contributed by atoms with van der Waals surface area (Å²) in [5.41, 5.74) is 2.58. The average molecular weight is 375 g/mol. The zero-order valence-corrected chi connectivity index (χ0v) is 18.9. The molecule has 1 unspecified atom stereocenters. The number of unbranched alkanes of at least 4 members (excludes halogenated alkanes) is 11. The Morgan fingerprint density at radius 1 is 0.778 bits per heavy atom. The number of hydrogen-bond acceptors (Lipinski definition) is 1. The van der Waals surface area contributed by atoms with Gasteiger partial charge in [-0.25, -0.2) is 0 Å². The van der Waals surface area contributed by atoms with Crippen molar-refractivity contribution in [1.82, 2.24) is 0 Å². The van der Waals surface area contributed by atoms with Gasteiger partial charge in [-0.15, -0.1) is 0 Å². The summed E-state index contributed by atoms with van der Waals surface area (Å²) in [6.07, 6.45) is 17.9. The first-order valence-corrected chi connectivity index (χ1v) is 11.7. The molecule has 27 heavy (non-hydrogen) atoms. The third-order valence-corrected chi connectivity index (χ3v) is 5.92. The Bertz CT molecular complexity index is 497. The molecule has 0 aliphatic rings. The lowest BCUT2D eigenvalue weighted by Crippen LogP contribution is -2.11. The molecule has 1 heteroatoms. The molecule has 0 radical (unpaired) electrons. The van der Waals surface area contributed by atoms with Gasteiger partial charge >= 0.3 is 0 Å². The standard InChI is InChI=1S/C26H46O/c1-6-7-8-9-10-11-12-13-14-15-16-17-18-22(2)24-21-23(26(3,4)5)19-20-25(24)27/h19-22,27H,6-18H2,1-5H3. The maximum Gasteiger partial charge on any atom is 0.119 e. The fourth-order valence-electron chi connectivity index (χ4n) is 3.86. The van der Waals surface area contributed by atoms with Gasteiger partial charge in [-0.3, -0.25) is 0 Å². The van der Waals surface area contributed by atoms with Crippen molar-refractivity contribution in [3.63, 3.8) is 0 Å². The molecule has 0 saturated heterocycles. The van der Waals surface area contributed by atoms with E-state index in [4.69, 9.17) is 0 Å². The number of phenolic OH excluding ortho intramolecular Hbond substituents is 1. The third kappa shape index (κ3) is 10.2. The van der Waals surface area contributed by atoms with Crippen LogP contribution in [0.25, 0.3) is 0 Å². The Morgan fingerprint density at radius 2 is 1.26 bits per heavy atom. The molecule has 156 valence electrons. The summed E-state index contributed by atoms with van der Waals surface area (Å²) in [6.45, 7) is 11.3. The van der Waals surface area contributed by atoms with Crippen LogP contribution in [0.1, 0.15) is 135 Å². The highest BCUT2D eigenvalue weighted by molar-refractivity contribution is 5.40. The Morgan fingerprint density at radius 3 is 1.74 bits per heavy atom. The second-order valence-electron chi connectivity index (χ2n) is 9.60. The van der Waals surface area contributed by atoms with Crippen molar-refractivity contribution in [2.24, 2.45) is 0 Å². The van der Waals surface area contributed by atoms with Gasteiger partial charge in [0.25, 0.3) is 0 Å². The van der Waals surface area contributed by atoms with E-state index in [2.05, 4.69) is 46.8 Å². The predicted octanol–water partition coefficient (Wildman–Crippen LogP) is 8.88. The van der Waals surface area contributed by atoms with Crippen molar-refractivity contribution in [2.75, 3.05) is 0 Å². The second kappa shape index (κ2) is 13.2. The molecule has 1 nitrogen and oxygen atoms in total. The first-order chi connectivity index (χ1) is 12.9. The molecule has 0 amide bonds. The summed E-state index contributed by atoms with van der Waals surface area (Å²) in [6, 6.07) is 6.17.